The molecular weight excluding hydrogens is 278 g/mol. The van der Waals surface area contributed by atoms with Gasteiger partial charge in [0.1, 0.15) is 11.6 Å². The van der Waals surface area contributed by atoms with Crippen LogP contribution >= 0.6 is 11.8 Å². The Labute approximate surface area is 122 Å². The van der Waals surface area contributed by atoms with Crippen LogP contribution in [0.15, 0.2) is 11.0 Å². The molecular formula is C14H19NO4S. The molecule has 0 saturated heterocycles. The van der Waals surface area contributed by atoms with Crippen LogP contribution < -0.4 is 0 Å². The maximum Gasteiger partial charge on any atom is 0.267 e. The number of rotatable bonds is 8. The first kappa shape index (κ1) is 16.6. The van der Waals surface area contributed by atoms with Gasteiger partial charge < -0.3 is 0 Å². The highest BCUT2D eigenvalue weighted by Crippen LogP contribution is 2.24. The lowest BCUT2D eigenvalue weighted by atomic mass is 10.0. The summed E-state index contributed by atoms with van der Waals surface area (Å²) in [5.41, 5.74) is 0. The van der Waals surface area contributed by atoms with Gasteiger partial charge in [0, 0.05) is 25.0 Å². The molecule has 0 aromatic carbocycles. The highest BCUT2D eigenvalue weighted by atomic mass is 32.2. The molecule has 1 heterocycles. The third-order valence-corrected chi connectivity index (χ3v) is 4.30. The highest BCUT2D eigenvalue weighted by Gasteiger charge is 2.30. The van der Waals surface area contributed by atoms with Crippen LogP contribution in [0.5, 0.6) is 0 Å². The van der Waals surface area contributed by atoms with E-state index in [0.717, 1.165) is 16.7 Å². The van der Waals surface area contributed by atoms with E-state index in [1.54, 1.807) is 13.8 Å². The number of hydrogen-bond acceptors (Lipinski definition) is 5. The van der Waals surface area contributed by atoms with Crippen molar-refractivity contribution in [3.8, 4) is 0 Å². The summed E-state index contributed by atoms with van der Waals surface area (Å²) in [5.74, 6) is -0.548. The lowest BCUT2D eigenvalue weighted by Crippen LogP contribution is -2.30. The molecule has 6 heteroatoms. The molecule has 0 spiro atoms. The molecule has 1 unspecified atom stereocenters. The van der Waals surface area contributed by atoms with E-state index in [1.807, 2.05) is 0 Å². The third kappa shape index (κ3) is 4.30. The predicted octanol–water partition coefficient (Wildman–Crippen LogP) is 1.57. The molecule has 0 aromatic heterocycles. The summed E-state index contributed by atoms with van der Waals surface area (Å²) < 4.78 is 0. The number of carbonyl (C=O) groups excluding carboxylic acids is 4. The van der Waals surface area contributed by atoms with Gasteiger partial charge in [-0.1, -0.05) is 6.92 Å². The van der Waals surface area contributed by atoms with Crippen LogP contribution in [0.1, 0.15) is 33.6 Å². The van der Waals surface area contributed by atoms with Crippen molar-refractivity contribution in [2.24, 2.45) is 5.92 Å². The molecule has 2 amide bonds. The Morgan fingerprint density at radius 1 is 1.35 bits per heavy atom. The number of Topliss-reactive ketones (excluding diaryl/α,β-unsaturated/α-hetero) is 2. The molecule has 1 aliphatic heterocycles. The second kappa shape index (κ2) is 7.38. The van der Waals surface area contributed by atoms with E-state index in [9.17, 15) is 19.2 Å². The summed E-state index contributed by atoms with van der Waals surface area (Å²) in [4.78, 5) is 47.5. The van der Waals surface area contributed by atoms with Crippen molar-refractivity contribution < 1.29 is 19.2 Å². The van der Waals surface area contributed by atoms with Gasteiger partial charge in [-0.3, -0.25) is 24.1 Å². The van der Waals surface area contributed by atoms with E-state index in [0.29, 0.717) is 24.3 Å². The predicted molar refractivity (Wildman–Crippen MR) is 77.0 cm³/mol. The number of thioether (sulfide) groups is 1. The van der Waals surface area contributed by atoms with Gasteiger partial charge in [-0.2, -0.15) is 0 Å². The third-order valence-electron chi connectivity index (χ3n) is 3.23. The normalized spacial score (nSPS) is 16.4. The fourth-order valence-electron chi connectivity index (χ4n) is 1.70. The second-order valence-electron chi connectivity index (χ2n) is 4.77. The summed E-state index contributed by atoms with van der Waals surface area (Å²) in [6, 6.07) is 0. The fraction of sp³-hybridized carbons (Fsp3) is 0.571. The number of imide groups is 1. The minimum atomic E-state index is -0.326. The molecule has 0 fully saturated rings. The van der Waals surface area contributed by atoms with Crippen LogP contribution in [0.3, 0.4) is 0 Å². The molecule has 110 valence electrons. The molecule has 20 heavy (non-hydrogen) atoms. The summed E-state index contributed by atoms with van der Waals surface area (Å²) >= 11 is 1.10. The largest absolute Gasteiger partial charge is 0.300 e. The van der Waals surface area contributed by atoms with Gasteiger partial charge in [0.25, 0.3) is 11.8 Å². The van der Waals surface area contributed by atoms with Crippen LogP contribution in [0.4, 0.5) is 0 Å². The number of ketones is 2. The number of nitrogens with zero attached hydrogens (tertiary/aromatic N) is 1. The molecule has 0 bridgehead atoms. The standard InChI is InChI=1S/C14H19NO4S/c1-4-15-13(18)7-12(14(15)19)20-8-11(17)6-5-9(2)10(3)16/h7,9H,4-6,8H2,1-3H3. The number of hydrogen-bond donors (Lipinski definition) is 0. The average molecular weight is 297 g/mol. The van der Waals surface area contributed by atoms with E-state index < -0.39 is 0 Å². The Balaban J connectivity index is 2.39. The number of amides is 2. The van der Waals surface area contributed by atoms with Gasteiger partial charge >= 0.3 is 0 Å². The Bertz CT molecular complexity index is 470. The van der Waals surface area contributed by atoms with E-state index in [2.05, 4.69) is 0 Å². The van der Waals surface area contributed by atoms with Crippen molar-refractivity contribution in [3.63, 3.8) is 0 Å². The molecule has 1 aliphatic rings. The quantitative estimate of drug-likeness (QED) is 0.636. The Hall–Kier alpha value is -1.43. The second-order valence-corrected chi connectivity index (χ2v) is 5.79. The van der Waals surface area contributed by atoms with Crippen LogP contribution in [0, 0.1) is 5.92 Å². The fourth-order valence-corrected chi connectivity index (χ4v) is 2.58. The van der Waals surface area contributed by atoms with Crippen molar-refractivity contribution in [1.82, 2.24) is 4.90 Å². The Morgan fingerprint density at radius 2 is 2.00 bits per heavy atom. The minimum absolute atomic E-state index is 0.0146. The first-order valence-electron chi connectivity index (χ1n) is 6.59. The van der Waals surface area contributed by atoms with Crippen LogP contribution in [0.25, 0.3) is 0 Å². The van der Waals surface area contributed by atoms with Crippen LogP contribution in [0.2, 0.25) is 0 Å². The Morgan fingerprint density at radius 3 is 2.50 bits per heavy atom. The molecule has 1 atom stereocenters. The maximum atomic E-state index is 11.8. The van der Waals surface area contributed by atoms with E-state index >= 15 is 0 Å². The first-order chi connectivity index (χ1) is 9.36. The van der Waals surface area contributed by atoms with Gasteiger partial charge in [0.05, 0.1) is 10.7 Å². The molecule has 0 N–H and O–H groups in total. The molecule has 5 nitrogen and oxygen atoms in total. The van der Waals surface area contributed by atoms with Crippen molar-refractivity contribution >= 4 is 35.1 Å². The lowest BCUT2D eigenvalue weighted by molar-refractivity contribution is -0.136. The maximum absolute atomic E-state index is 11.8. The van der Waals surface area contributed by atoms with E-state index in [4.69, 9.17) is 0 Å². The minimum Gasteiger partial charge on any atom is -0.300 e. The van der Waals surface area contributed by atoms with Crippen molar-refractivity contribution in [2.75, 3.05) is 12.3 Å². The molecule has 0 aromatic rings. The van der Waals surface area contributed by atoms with Crippen molar-refractivity contribution in [1.29, 1.82) is 0 Å². The zero-order chi connectivity index (χ0) is 15.3. The van der Waals surface area contributed by atoms with Gasteiger partial charge in [-0.15, -0.1) is 11.8 Å². The monoisotopic (exact) mass is 297 g/mol. The summed E-state index contributed by atoms with van der Waals surface area (Å²) in [6.07, 6.45) is 2.13. The van der Waals surface area contributed by atoms with Crippen molar-refractivity contribution in [3.05, 3.63) is 11.0 Å². The highest BCUT2D eigenvalue weighted by molar-refractivity contribution is 8.04. The Kier molecular flexibility index (Phi) is 6.13. The lowest BCUT2D eigenvalue weighted by Gasteiger charge is -2.10. The van der Waals surface area contributed by atoms with E-state index in [1.165, 1.54) is 13.0 Å². The van der Waals surface area contributed by atoms with Crippen LogP contribution in [-0.4, -0.2) is 40.6 Å². The molecule has 0 aliphatic carbocycles. The zero-order valence-electron chi connectivity index (χ0n) is 12.0. The van der Waals surface area contributed by atoms with Gasteiger partial charge in [-0.05, 0) is 20.3 Å². The average Bonchev–Trinajstić information content (AvgIpc) is 2.67. The molecule has 0 radical (unpaired) electrons. The smallest absolute Gasteiger partial charge is 0.267 e. The zero-order valence-corrected chi connectivity index (χ0v) is 12.8. The van der Waals surface area contributed by atoms with Gasteiger partial charge in [0.15, 0.2) is 0 Å². The summed E-state index contributed by atoms with van der Waals surface area (Å²) in [5, 5.41) is 0. The SMILES string of the molecule is CCN1C(=O)C=C(SCC(=O)CCC(C)C(C)=O)C1=O. The molecule has 0 saturated carbocycles. The first-order valence-corrected chi connectivity index (χ1v) is 7.57. The van der Waals surface area contributed by atoms with Gasteiger partial charge in [0.2, 0.25) is 0 Å². The number of likely N-dealkylation sites (N-methyl/N-ethyl adjacent to an activating group) is 1. The van der Waals surface area contributed by atoms with E-state index in [-0.39, 0.29) is 35.1 Å². The number of carbonyl (C=O) groups is 4. The summed E-state index contributed by atoms with van der Waals surface area (Å²) in [7, 11) is 0. The molecule has 1 rings (SSSR count). The van der Waals surface area contributed by atoms with Gasteiger partial charge in [-0.25, -0.2) is 0 Å². The topological polar surface area (TPSA) is 71.5 Å². The van der Waals surface area contributed by atoms with Crippen LogP contribution in [-0.2, 0) is 19.2 Å². The summed E-state index contributed by atoms with van der Waals surface area (Å²) in [6.45, 7) is 5.37. The van der Waals surface area contributed by atoms with Crippen molar-refractivity contribution in [2.45, 2.75) is 33.6 Å².